The molecule has 0 spiro atoms. The van der Waals surface area contributed by atoms with E-state index in [0.717, 1.165) is 29.7 Å². The van der Waals surface area contributed by atoms with Crippen molar-refractivity contribution in [3.63, 3.8) is 0 Å². The van der Waals surface area contributed by atoms with Gasteiger partial charge in [-0.1, -0.05) is 25.5 Å². The number of nitrogens with zero attached hydrogens (tertiary/aromatic N) is 3. The Kier molecular flexibility index (Phi) is 6.08. The van der Waals surface area contributed by atoms with E-state index in [9.17, 15) is 0 Å². The number of rotatable bonds is 7. The van der Waals surface area contributed by atoms with E-state index >= 15 is 0 Å². The van der Waals surface area contributed by atoms with Crippen molar-refractivity contribution in [3.05, 3.63) is 10.3 Å². The Morgan fingerprint density at radius 1 is 1.47 bits per heavy atom. The second-order valence-corrected chi connectivity index (χ2v) is 4.74. The zero-order valence-corrected chi connectivity index (χ0v) is 12.5. The average Bonchev–Trinajstić information content (AvgIpc) is 2.64. The van der Waals surface area contributed by atoms with Crippen LogP contribution < -0.4 is 5.32 Å². The molecule has 1 rings (SSSR count). The minimum absolute atomic E-state index is 0.110. The Hall–Kier alpha value is -0.460. The van der Waals surface area contributed by atoms with Crippen LogP contribution in [0.2, 0.25) is 0 Å². The molecule has 17 heavy (non-hydrogen) atoms. The first-order valence-corrected chi connectivity index (χ1v) is 6.76. The summed E-state index contributed by atoms with van der Waals surface area (Å²) in [4.78, 5) is 0. The fourth-order valence-electron chi connectivity index (χ4n) is 2.00. The van der Waals surface area contributed by atoms with Crippen molar-refractivity contribution >= 4 is 15.9 Å². The zero-order chi connectivity index (χ0) is 12.8. The van der Waals surface area contributed by atoms with Gasteiger partial charge in [0, 0.05) is 14.2 Å². The van der Waals surface area contributed by atoms with E-state index in [0.29, 0.717) is 0 Å². The Labute approximate surface area is 111 Å². The summed E-state index contributed by atoms with van der Waals surface area (Å²) >= 11 is 3.45. The molecule has 0 aliphatic carbocycles. The van der Waals surface area contributed by atoms with Crippen molar-refractivity contribution in [2.24, 2.45) is 7.05 Å². The smallest absolute Gasteiger partial charge is 0.153 e. The lowest BCUT2D eigenvalue weighted by Crippen LogP contribution is -2.35. The van der Waals surface area contributed by atoms with Gasteiger partial charge in [-0.3, -0.25) is 0 Å². The van der Waals surface area contributed by atoms with Gasteiger partial charge in [-0.05, 0) is 28.9 Å². The lowest BCUT2D eigenvalue weighted by atomic mass is 10.0. The highest BCUT2D eigenvalue weighted by Gasteiger charge is 2.27. The number of methoxy groups -OCH3 is 1. The highest BCUT2D eigenvalue weighted by Crippen LogP contribution is 2.26. The fraction of sp³-hybridized carbons (Fsp3) is 0.818. The van der Waals surface area contributed by atoms with Gasteiger partial charge in [-0.15, -0.1) is 5.10 Å². The highest BCUT2D eigenvalue weighted by atomic mass is 79.9. The van der Waals surface area contributed by atoms with Crippen LogP contribution in [0.15, 0.2) is 4.60 Å². The van der Waals surface area contributed by atoms with Gasteiger partial charge in [-0.25, -0.2) is 4.68 Å². The standard InChI is InChI=1S/C11H21BrN4O/c1-5-7-8(17-4)9(13-6-2)10-11(12)14-15-16(10)3/h8-9,13H,5-7H2,1-4H3. The van der Waals surface area contributed by atoms with E-state index < -0.39 is 0 Å². The molecule has 0 aliphatic rings. The first-order valence-electron chi connectivity index (χ1n) is 5.96. The van der Waals surface area contributed by atoms with Gasteiger partial charge in [0.15, 0.2) is 4.60 Å². The molecular weight excluding hydrogens is 284 g/mol. The van der Waals surface area contributed by atoms with E-state index in [4.69, 9.17) is 4.74 Å². The first kappa shape index (κ1) is 14.6. The highest BCUT2D eigenvalue weighted by molar-refractivity contribution is 9.10. The number of likely N-dealkylation sites (N-methyl/N-ethyl adjacent to an activating group) is 1. The molecular formula is C11H21BrN4O. The van der Waals surface area contributed by atoms with Crippen molar-refractivity contribution in [1.82, 2.24) is 20.3 Å². The molecule has 0 radical (unpaired) electrons. The normalized spacial score (nSPS) is 14.9. The SMILES string of the molecule is CCCC(OC)C(NCC)c1c(Br)nnn1C. The van der Waals surface area contributed by atoms with Crippen LogP contribution in [0.4, 0.5) is 0 Å². The second kappa shape index (κ2) is 7.08. The van der Waals surface area contributed by atoms with Crippen LogP contribution in [0.3, 0.4) is 0 Å². The molecule has 0 amide bonds. The van der Waals surface area contributed by atoms with Crippen molar-refractivity contribution < 1.29 is 4.74 Å². The maximum atomic E-state index is 5.59. The summed E-state index contributed by atoms with van der Waals surface area (Å²) in [6, 6.07) is 0.110. The summed E-state index contributed by atoms with van der Waals surface area (Å²) in [5.74, 6) is 0. The van der Waals surface area contributed by atoms with Crippen molar-refractivity contribution in [2.45, 2.75) is 38.8 Å². The molecule has 0 aromatic carbocycles. The van der Waals surface area contributed by atoms with Crippen molar-refractivity contribution in [3.8, 4) is 0 Å². The number of aryl methyl sites for hydroxylation is 1. The largest absolute Gasteiger partial charge is 0.379 e. The quantitative estimate of drug-likeness (QED) is 0.837. The van der Waals surface area contributed by atoms with Crippen LogP contribution in [0.25, 0.3) is 0 Å². The predicted octanol–water partition coefficient (Wildman–Crippen LogP) is 2.04. The molecule has 2 atom stereocenters. The third kappa shape index (κ3) is 3.50. The molecule has 0 fully saturated rings. The van der Waals surface area contributed by atoms with Crippen molar-refractivity contribution in [2.75, 3.05) is 13.7 Å². The van der Waals surface area contributed by atoms with Gasteiger partial charge in [0.1, 0.15) is 0 Å². The van der Waals surface area contributed by atoms with Crippen LogP contribution in [0, 0.1) is 0 Å². The number of aromatic nitrogens is 3. The monoisotopic (exact) mass is 304 g/mol. The van der Waals surface area contributed by atoms with Crippen LogP contribution in [0.1, 0.15) is 38.4 Å². The van der Waals surface area contributed by atoms with Gasteiger partial charge < -0.3 is 10.1 Å². The van der Waals surface area contributed by atoms with Crippen LogP contribution in [-0.4, -0.2) is 34.8 Å². The zero-order valence-electron chi connectivity index (χ0n) is 10.9. The molecule has 0 aliphatic heterocycles. The van der Waals surface area contributed by atoms with Gasteiger partial charge >= 0.3 is 0 Å². The number of ether oxygens (including phenoxy) is 1. The molecule has 98 valence electrons. The van der Waals surface area contributed by atoms with E-state index in [1.54, 1.807) is 11.8 Å². The molecule has 1 heterocycles. The number of nitrogens with one attached hydrogen (secondary N) is 1. The molecule has 6 heteroatoms. The molecule has 1 aromatic rings. The molecule has 5 nitrogen and oxygen atoms in total. The van der Waals surface area contributed by atoms with Crippen LogP contribution in [0.5, 0.6) is 0 Å². The Morgan fingerprint density at radius 3 is 2.59 bits per heavy atom. The van der Waals surface area contributed by atoms with Crippen molar-refractivity contribution in [1.29, 1.82) is 0 Å². The van der Waals surface area contributed by atoms with Gasteiger partial charge in [-0.2, -0.15) is 0 Å². The minimum atomic E-state index is 0.110. The molecule has 0 saturated carbocycles. The van der Waals surface area contributed by atoms with E-state index in [-0.39, 0.29) is 12.1 Å². The summed E-state index contributed by atoms with van der Waals surface area (Å²) in [7, 11) is 3.65. The molecule has 0 saturated heterocycles. The maximum absolute atomic E-state index is 5.59. The van der Waals surface area contributed by atoms with E-state index in [1.165, 1.54) is 0 Å². The van der Waals surface area contributed by atoms with Gasteiger partial charge in [0.2, 0.25) is 0 Å². The molecule has 2 unspecified atom stereocenters. The topological polar surface area (TPSA) is 52.0 Å². The number of halogens is 1. The van der Waals surface area contributed by atoms with Crippen LogP contribution in [-0.2, 0) is 11.8 Å². The van der Waals surface area contributed by atoms with Gasteiger partial charge in [0.05, 0.1) is 17.8 Å². The lowest BCUT2D eigenvalue weighted by Gasteiger charge is -2.26. The first-order chi connectivity index (χ1) is 8.15. The average molecular weight is 305 g/mol. The third-order valence-corrected chi connectivity index (χ3v) is 3.36. The Morgan fingerprint density at radius 2 is 2.18 bits per heavy atom. The minimum Gasteiger partial charge on any atom is -0.379 e. The van der Waals surface area contributed by atoms with E-state index in [2.05, 4.69) is 45.4 Å². The molecule has 1 N–H and O–H groups in total. The molecule has 1 aromatic heterocycles. The number of hydrogen-bond donors (Lipinski definition) is 1. The predicted molar refractivity (Wildman–Crippen MR) is 70.8 cm³/mol. The third-order valence-electron chi connectivity index (χ3n) is 2.79. The Bertz CT molecular complexity index is 323. The second-order valence-electron chi connectivity index (χ2n) is 3.99. The lowest BCUT2D eigenvalue weighted by molar-refractivity contribution is 0.0584. The van der Waals surface area contributed by atoms with Crippen LogP contribution >= 0.6 is 15.9 Å². The molecule has 0 bridgehead atoms. The van der Waals surface area contributed by atoms with Gasteiger partial charge in [0.25, 0.3) is 0 Å². The summed E-state index contributed by atoms with van der Waals surface area (Å²) in [6.07, 6.45) is 2.23. The summed E-state index contributed by atoms with van der Waals surface area (Å²) in [6.45, 7) is 5.13. The number of hydrogen-bond acceptors (Lipinski definition) is 4. The summed E-state index contributed by atoms with van der Waals surface area (Å²) in [5, 5.41) is 11.5. The Balaban J connectivity index is 2.98. The summed E-state index contributed by atoms with van der Waals surface area (Å²) < 4.78 is 8.16. The summed E-state index contributed by atoms with van der Waals surface area (Å²) in [5.41, 5.74) is 1.03. The fourth-order valence-corrected chi connectivity index (χ4v) is 2.57. The maximum Gasteiger partial charge on any atom is 0.153 e. The van der Waals surface area contributed by atoms with E-state index in [1.807, 2.05) is 7.05 Å².